The first-order chi connectivity index (χ1) is 14.6. The Hall–Kier alpha value is -3.97. The van der Waals surface area contributed by atoms with E-state index in [4.69, 9.17) is 11.0 Å². The molecule has 3 nitrogen and oxygen atoms in total. The first kappa shape index (κ1) is 18.1. The molecule has 0 spiro atoms. The third-order valence-corrected chi connectivity index (χ3v) is 5.50. The highest BCUT2D eigenvalue weighted by atomic mass is 19.1. The highest BCUT2D eigenvalue weighted by Gasteiger charge is 2.22. The Kier molecular flexibility index (Phi) is 4.11. The minimum Gasteiger partial charge on any atom is -0.455 e. The molecule has 0 saturated carbocycles. The van der Waals surface area contributed by atoms with Crippen LogP contribution in [0.5, 0.6) is 0 Å². The first-order valence-electron chi connectivity index (χ1n) is 9.65. The van der Waals surface area contributed by atoms with Gasteiger partial charge in [0.05, 0.1) is 12.1 Å². The lowest BCUT2D eigenvalue weighted by Gasteiger charge is -2.05. The van der Waals surface area contributed by atoms with Crippen molar-refractivity contribution in [3.05, 3.63) is 95.7 Å². The lowest BCUT2D eigenvalue weighted by molar-refractivity contribution is -0.661. The molecule has 0 aliphatic carbocycles. The second-order valence-corrected chi connectivity index (χ2v) is 7.43. The zero-order valence-electron chi connectivity index (χ0n) is 16.6. The second-order valence-electron chi connectivity index (χ2n) is 7.43. The molecule has 2 aromatic heterocycles. The fraction of sp³-hybridized carbons (Fsp3) is 0.0769. The van der Waals surface area contributed by atoms with Crippen molar-refractivity contribution in [2.75, 3.05) is 0 Å². The van der Waals surface area contributed by atoms with Crippen LogP contribution in [0.4, 0.5) is 10.1 Å². The van der Waals surface area contributed by atoms with Crippen molar-refractivity contribution in [3.8, 4) is 22.4 Å². The zero-order valence-corrected chi connectivity index (χ0v) is 16.6. The third-order valence-electron chi connectivity index (χ3n) is 5.50. The number of pyridine rings is 1. The standard InChI is InChI=1S/C26H18FN2O/c1-16-9-11-20-22-14-19(28-2)13-21(17-7-5-4-6-8-17)25(22)30-26(20)24(16)23-12-10-18(27)15-29(23)3/h4-15H,1,3H3/q+1. The number of nitrogens with zero attached hydrogens (tertiary/aromatic N) is 2. The largest absolute Gasteiger partial charge is 0.455 e. The van der Waals surface area contributed by atoms with Gasteiger partial charge >= 0.3 is 0 Å². The molecule has 0 radical (unpaired) electrons. The maximum absolute atomic E-state index is 13.7. The summed E-state index contributed by atoms with van der Waals surface area (Å²) in [7, 11) is 1.83. The van der Waals surface area contributed by atoms with Gasteiger partial charge in [0.1, 0.15) is 18.2 Å². The fourth-order valence-corrected chi connectivity index (χ4v) is 4.07. The number of halogens is 1. The summed E-state index contributed by atoms with van der Waals surface area (Å²) in [4.78, 5) is 3.68. The molecule has 0 fully saturated rings. The Morgan fingerprint density at radius 2 is 1.73 bits per heavy atom. The number of rotatable bonds is 2. The van der Waals surface area contributed by atoms with Gasteiger partial charge in [-0.1, -0.05) is 42.5 Å². The van der Waals surface area contributed by atoms with E-state index < -0.39 is 0 Å². The highest BCUT2D eigenvalue weighted by Crippen LogP contribution is 2.42. The number of benzene rings is 3. The number of aryl methyl sites for hydroxylation is 2. The Labute approximate surface area is 173 Å². The lowest BCUT2D eigenvalue weighted by Crippen LogP contribution is -2.31. The van der Waals surface area contributed by atoms with Gasteiger partial charge in [0.25, 0.3) is 0 Å². The maximum Gasteiger partial charge on any atom is 0.216 e. The molecule has 0 N–H and O–H groups in total. The predicted octanol–water partition coefficient (Wildman–Crippen LogP) is 6.74. The first-order valence-corrected chi connectivity index (χ1v) is 9.65. The average molecular weight is 393 g/mol. The van der Waals surface area contributed by atoms with E-state index in [1.54, 1.807) is 10.6 Å². The van der Waals surface area contributed by atoms with E-state index in [2.05, 4.69) is 4.85 Å². The van der Waals surface area contributed by atoms with Gasteiger partial charge in [-0.15, -0.1) is 0 Å². The summed E-state index contributed by atoms with van der Waals surface area (Å²) in [6, 6.07) is 21.0. The maximum atomic E-state index is 13.7. The summed E-state index contributed by atoms with van der Waals surface area (Å²) < 4.78 is 21.9. The Balaban J connectivity index is 1.91. The summed E-state index contributed by atoms with van der Waals surface area (Å²) in [5.41, 5.74) is 6.78. The summed E-state index contributed by atoms with van der Waals surface area (Å²) >= 11 is 0. The van der Waals surface area contributed by atoms with Gasteiger partial charge in [0.2, 0.25) is 11.9 Å². The summed E-state index contributed by atoms with van der Waals surface area (Å²) in [5, 5.41) is 1.85. The number of hydrogen-bond acceptors (Lipinski definition) is 1. The molecule has 0 unspecified atom stereocenters. The van der Waals surface area contributed by atoms with Gasteiger partial charge in [-0.2, -0.15) is 4.57 Å². The molecule has 5 rings (SSSR count). The quantitative estimate of drug-likeness (QED) is 0.240. The van der Waals surface area contributed by atoms with Crippen LogP contribution in [-0.4, -0.2) is 0 Å². The van der Waals surface area contributed by atoms with E-state index in [1.165, 1.54) is 12.3 Å². The van der Waals surface area contributed by atoms with E-state index in [-0.39, 0.29) is 5.82 Å². The Morgan fingerprint density at radius 3 is 2.47 bits per heavy atom. The molecule has 0 atom stereocenters. The van der Waals surface area contributed by atoms with Gasteiger partial charge in [0, 0.05) is 22.4 Å². The van der Waals surface area contributed by atoms with Crippen LogP contribution in [0.3, 0.4) is 0 Å². The monoisotopic (exact) mass is 393 g/mol. The smallest absolute Gasteiger partial charge is 0.216 e. The van der Waals surface area contributed by atoms with Crippen molar-refractivity contribution in [1.29, 1.82) is 0 Å². The predicted molar refractivity (Wildman–Crippen MR) is 117 cm³/mol. The van der Waals surface area contributed by atoms with Crippen LogP contribution in [0, 0.1) is 19.3 Å². The van der Waals surface area contributed by atoms with Crippen LogP contribution in [0.25, 0.3) is 49.2 Å². The summed E-state index contributed by atoms with van der Waals surface area (Å²) in [6.07, 6.45) is 1.46. The Morgan fingerprint density at radius 1 is 0.933 bits per heavy atom. The van der Waals surface area contributed by atoms with Crippen molar-refractivity contribution in [2.24, 2.45) is 7.05 Å². The summed E-state index contributed by atoms with van der Waals surface area (Å²) in [6.45, 7) is 9.58. The minimum atomic E-state index is -0.288. The molecule has 0 amide bonds. The SMILES string of the molecule is [C-]#[N+]c1cc(-c2ccccc2)c2oc3c(-c4ccc(F)c[n+]4C)c(C)ccc3c2c1. The van der Waals surface area contributed by atoms with Crippen LogP contribution in [0.2, 0.25) is 0 Å². The van der Waals surface area contributed by atoms with Gasteiger partial charge in [-0.3, -0.25) is 0 Å². The molecule has 5 aromatic rings. The number of aromatic nitrogens is 1. The molecular weight excluding hydrogens is 375 g/mol. The highest BCUT2D eigenvalue weighted by molar-refractivity contribution is 6.14. The zero-order chi connectivity index (χ0) is 20.8. The van der Waals surface area contributed by atoms with Crippen LogP contribution in [-0.2, 0) is 7.05 Å². The third kappa shape index (κ3) is 2.75. The fourth-order valence-electron chi connectivity index (χ4n) is 4.07. The van der Waals surface area contributed by atoms with Gasteiger partial charge in [0.15, 0.2) is 11.5 Å². The number of furan rings is 1. The van der Waals surface area contributed by atoms with Gasteiger partial charge < -0.3 is 4.42 Å². The number of fused-ring (bicyclic) bond motifs is 3. The topological polar surface area (TPSA) is 21.4 Å². The summed E-state index contributed by atoms with van der Waals surface area (Å²) in [5.74, 6) is -0.288. The average Bonchev–Trinajstić information content (AvgIpc) is 3.13. The lowest BCUT2D eigenvalue weighted by atomic mass is 9.98. The normalized spacial score (nSPS) is 11.1. The minimum absolute atomic E-state index is 0.288. The van der Waals surface area contributed by atoms with Crippen LogP contribution < -0.4 is 4.57 Å². The van der Waals surface area contributed by atoms with E-state index >= 15 is 0 Å². The molecule has 2 heterocycles. The van der Waals surface area contributed by atoms with E-state index in [0.717, 1.165) is 49.9 Å². The van der Waals surface area contributed by atoms with E-state index in [9.17, 15) is 4.39 Å². The second kappa shape index (κ2) is 6.82. The molecule has 144 valence electrons. The van der Waals surface area contributed by atoms with Crippen molar-refractivity contribution in [3.63, 3.8) is 0 Å². The molecule has 0 saturated heterocycles. The van der Waals surface area contributed by atoms with E-state index in [1.807, 2.05) is 68.6 Å². The number of hydrogen-bond donors (Lipinski definition) is 0. The van der Waals surface area contributed by atoms with Crippen molar-refractivity contribution in [1.82, 2.24) is 0 Å². The van der Waals surface area contributed by atoms with Crippen molar-refractivity contribution < 1.29 is 13.4 Å². The van der Waals surface area contributed by atoms with Crippen LogP contribution in [0.15, 0.2) is 77.3 Å². The van der Waals surface area contributed by atoms with Crippen LogP contribution >= 0.6 is 0 Å². The molecule has 0 aliphatic heterocycles. The Bertz CT molecular complexity index is 1480. The van der Waals surface area contributed by atoms with E-state index in [0.29, 0.717) is 5.69 Å². The van der Waals surface area contributed by atoms with Gasteiger partial charge in [-0.25, -0.2) is 9.24 Å². The molecule has 0 aliphatic rings. The van der Waals surface area contributed by atoms with Crippen LogP contribution in [0.1, 0.15) is 5.56 Å². The molecule has 0 bridgehead atoms. The molecule has 30 heavy (non-hydrogen) atoms. The van der Waals surface area contributed by atoms with Crippen molar-refractivity contribution >= 4 is 27.6 Å². The molecule has 4 heteroatoms. The molecular formula is C26H18FN2O+. The van der Waals surface area contributed by atoms with Crippen molar-refractivity contribution in [2.45, 2.75) is 6.92 Å². The van der Waals surface area contributed by atoms with Gasteiger partial charge in [-0.05, 0) is 36.2 Å². The molecule has 3 aromatic carbocycles.